The molecular weight excluding hydrogens is 289 g/mol. The van der Waals surface area contributed by atoms with Crippen LogP contribution in [0.3, 0.4) is 0 Å². The summed E-state index contributed by atoms with van der Waals surface area (Å²) < 4.78 is 24.5. The highest BCUT2D eigenvalue weighted by Gasteiger charge is 2.23. The van der Waals surface area contributed by atoms with Gasteiger partial charge in [0.15, 0.2) is 17.3 Å². The molecule has 0 aliphatic heterocycles. The van der Waals surface area contributed by atoms with Gasteiger partial charge in [0.2, 0.25) is 0 Å². The van der Waals surface area contributed by atoms with Crippen molar-refractivity contribution < 1.29 is 13.9 Å². The largest absolute Gasteiger partial charge is 0.492 e. The van der Waals surface area contributed by atoms with Crippen LogP contribution in [0, 0.1) is 5.82 Å². The van der Waals surface area contributed by atoms with E-state index in [4.69, 9.17) is 15.2 Å². The Morgan fingerprint density at radius 3 is 2.24 bits per heavy atom. The second kappa shape index (κ2) is 5.23. The Labute approximate surface area is 109 Å². The summed E-state index contributed by atoms with van der Waals surface area (Å²) in [5.74, 6) is 0.0302. The first-order valence-electron chi connectivity index (χ1n) is 5.18. The number of hydrogen-bond acceptors (Lipinski definition) is 3. The van der Waals surface area contributed by atoms with Gasteiger partial charge in [-0.3, -0.25) is 0 Å². The second-order valence-corrected chi connectivity index (χ2v) is 5.40. The highest BCUT2D eigenvalue weighted by molar-refractivity contribution is 9.10. The third kappa shape index (κ3) is 3.33. The van der Waals surface area contributed by atoms with E-state index < -0.39 is 11.4 Å². The van der Waals surface area contributed by atoms with Gasteiger partial charge in [-0.1, -0.05) is 15.9 Å². The van der Waals surface area contributed by atoms with Gasteiger partial charge in [-0.15, -0.1) is 0 Å². The quantitative estimate of drug-likeness (QED) is 0.930. The molecule has 0 saturated carbocycles. The zero-order valence-electron chi connectivity index (χ0n) is 10.4. The Kier molecular flexibility index (Phi) is 4.38. The van der Waals surface area contributed by atoms with Crippen LogP contribution in [0.15, 0.2) is 10.5 Å². The number of halogens is 2. The van der Waals surface area contributed by atoms with Crippen molar-refractivity contribution in [1.82, 2.24) is 0 Å². The van der Waals surface area contributed by atoms with Crippen LogP contribution in [0.1, 0.15) is 19.4 Å². The Morgan fingerprint density at radius 2 is 1.82 bits per heavy atom. The molecule has 5 heteroatoms. The molecule has 0 aromatic heterocycles. The van der Waals surface area contributed by atoms with Gasteiger partial charge in [0.25, 0.3) is 0 Å². The smallest absolute Gasteiger partial charge is 0.197 e. The lowest BCUT2D eigenvalue weighted by molar-refractivity contribution is 0.331. The van der Waals surface area contributed by atoms with Gasteiger partial charge in [0.05, 0.1) is 14.2 Å². The van der Waals surface area contributed by atoms with Crippen molar-refractivity contribution in [1.29, 1.82) is 0 Å². The normalized spacial score (nSPS) is 11.5. The van der Waals surface area contributed by atoms with E-state index in [1.807, 2.05) is 13.8 Å². The molecule has 0 radical (unpaired) electrons. The lowest BCUT2D eigenvalue weighted by atomic mass is 9.95. The zero-order chi connectivity index (χ0) is 13.2. The topological polar surface area (TPSA) is 44.5 Å². The number of ether oxygens (including phenoxy) is 2. The molecular formula is C12H17BrFNO2. The Hall–Kier alpha value is -0.810. The Morgan fingerprint density at radius 1 is 1.29 bits per heavy atom. The van der Waals surface area contributed by atoms with E-state index in [1.165, 1.54) is 20.3 Å². The average molecular weight is 306 g/mol. The van der Waals surface area contributed by atoms with E-state index in [0.29, 0.717) is 16.6 Å². The van der Waals surface area contributed by atoms with Gasteiger partial charge in [-0.2, -0.15) is 0 Å². The molecule has 0 spiro atoms. The van der Waals surface area contributed by atoms with Crippen molar-refractivity contribution in [3.05, 3.63) is 21.9 Å². The van der Waals surface area contributed by atoms with Crippen LogP contribution in [0.2, 0.25) is 0 Å². The molecule has 1 aromatic rings. The van der Waals surface area contributed by atoms with Gasteiger partial charge in [0.1, 0.15) is 0 Å². The van der Waals surface area contributed by atoms with E-state index in [-0.39, 0.29) is 5.75 Å². The summed E-state index contributed by atoms with van der Waals surface area (Å²) in [5, 5.41) is 0. The third-order valence-corrected chi connectivity index (χ3v) is 2.99. The lowest BCUT2D eigenvalue weighted by Crippen LogP contribution is -2.34. The fraction of sp³-hybridized carbons (Fsp3) is 0.500. The molecule has 0 saturated heterocycles. The van der Waals surface area contributed by atoms with Gasteiger partial charge in [0, 0.05) is 15.6 Å². The summed E-state index contributed by atoms with van der Waals surface area (Å²) in [5.41, 5.74) is 6.36. The first kappa shape index (κ1) is 14.3. The predicted molar refractivity (Wildman–Crippen MR) is 69.2 cm³/mol. The van der Waals surface area contributed by atoms with Crippen molar-refractivity contribution in [2.24, 2.45) is 5.73 Å². The molecule has 0 fully saturated rings. The molecule has 0 heterocycles. The minimum absolute atomic E-state index is 0.106. The zero-order valence-corrected chi connectivity index (χ0v) is 12.0. The monoisotopic (exact) mass is 305 g/mol. The van der Waals surface area contributed by atoms with Crippen LogP contribution in [0.4, 0.5) is 4.39 Å². The minimum atomic E-state index is -0.463. The highest BCUT2D eigenvalue weighted by Crippen LogP contribution is 2.39. The molecule has 3 nitrogen and oxygen atoms in total. The standard InChI is InChI=1S/C12H17BrFNO2/c1-12(2,15)6-7-8(13)5-9(14)11(17-4)10(7)16-3/h5H,6,15H2,1-4H3. The third-order valence-electron chi connectivity index (χ3n) is 2.28. The Bertz CT molecular complexity index is 416. The number of benzene rings is 1. The second-order valence-electron chi connectivity index (χ2n) is 4.55. The summed E-state index contributed by atoms with van der Waals surface area (Å²) in [6.07, 6.45) is 0.549. The predicted octanol–water partition coefficient (Wildman–Crippen LogP) is 2.89. The summed E-state index contributed by atoms with van der Waals surface area (Å²) in [6.45, 7) is 3.80. The number of nitrogens with two attached hydrogens (primary N) is 1. The molecule has 1 rings (SSSR count). The lowest BCUT2D eigenvalue weighted by Gasteiger charge is -2.22. The SMILES string of the molecule is COc1c(F)cc(Br)c(CC(C)(C)N)c1OC. The molecule has 0 amide bonds. The van der Waals surface area contributed by atoms with Crippen molar-refractivity contribution in [3.8, 4) is 11.5 Å². The first-order valence-corrected chi connectivity index (χ1v) is 5.97. The average Bonchev–Trinajstić information content (AvgIpc) is 2.19. The summed E-state index contributed by atoms with van der Waals surface area (Å²) in [6, 6.07) is 1.36. The van der Waals surface area contributed by atoms with E-state index >= 15 is 0 Å². The Balaban J connectivity index is 3.37. The maximum absolute atomic E-state index is 13.6. The fourth-order valence-corrected chi connectivity index (χ4v) is 2.17. The van der Waals surface area contributed by atoms with Crippen LogP contribution in [0.25, 0.3) is 0 Å². The van der Waals surface area contributed by atoms with E-state index in [2.05, 4.69) is 15.9 Å². The first-order chi connectivity index (χ1) is 7.80. The maximum atomic E-state index is 13.6. The van der Waals surface area contributed by atoms with Crippen LogP contribution in [-0.2, 0) is 6.42 Å². The molecule has 96 valence electrons. The number of rotatable bonds is 4. The molecule has 0 unspecified atom stereocenters. The highest BCUT2D eigenvalue weighted by atomic mass is 79.9. The number of hydrogen-bond donors (Lipinski definition) is 1. The van der Waals surface area contributed by atoms with Crippen molar-refractivity contribution >= 4 is 15.9 Å². The minimum Gasteiger partial charge on any atom is -0.492 e. The molecule has 0 aliphatic rings. The number of methoxy groups -OCH3 is 2. The van der Waals surface area contributed by atoms with Crippen molar-refractivity contribution in [2.75, 3.05) is 14.2 Å². The molecule has 0 bridgehead atoms. The molecule has 2 N–H and O–H groups in total. The maximum Gasteiger partial charge on any atom is 0.197 e. The molecule has 0 aliphatic carbocycles. The molecule has 0 atom stereocenters. The van der Waals surface area contributed by atoms with Crippen LogP contribution >= 0.6 is 15.9 Å². The van der Waals surface area contributed by atoms with Crippen LogP contribution in [0.5, 0.6) is 11.5 Å². The van der Waals surface area contributed by atoms with E-state index in [9.17, 15) is 4.39 Å². The van der Waals surface area contributed by atoms with Gasteiger partial charge < -0.3 is 15.2 Å². The summed E-state index contributed by atoms with van der Waals surface area (Å²) in [7, 11) is 2.89. The van der Waals surface area contributed by atoms with E-state index in [0.717, 1.165) is 5.56 Å². The van der Waals surface area contributed by atoms with Crippen LogP contribution in [-0.4, -0.2) is 19.8 Å². The van der Waals surface area contributed by atoms with Crippen molar-refractivity contribution in [2.45, 2.75) is 25.8 Å². The molecule has 17 heavy (non-hydrogen) atoms. The van der Waals surface area contributed by atoms with Gasteiger partial charge in [-0.25, -0.2) is 4.39 Å². The molecule has 1 aromatic carbocycles. The van der Waals surface area contributed by atoms with Gasteiger partial charge >= 0.3 is 0 Å². The van der Waals surface area contributed by atoms with E-state index in [1.54, 1.807) is 0 Å². The van der Waals surface area contributed by atoms with Gasteiger partial charge in [-0.05, 0) is 26.3 Å². The van der Waals surface area contributed by atoms with Crippen molar-refractivity contribution in [3.63, 3.8) is 0 Å². The fourth-order valence-electron chi connectivity index (χ4n) is 1.64. The van der Waals surface area contributed by atoms with Crippen LogP contribution < -0.4 is 15.2 Å². The summed E-state index contributed by atoms with van der Waals surface area (Å²) in [4.78, 5) is 0. The summed E-state index contributed by atoms with van der Waals surface area (Å²) >= 11 is 3.32.